The average molecular weight is 378 g/mol. The summed E-state index contributed by atoms with van der Waals surface area (Å²) in [5.41, 5.74) is 2.06. The number of aromatic nitrogens is 1. The largest absolute Gasteiger partial charge is 0.502 e. The molecule has 0 spiro atoms. The van der Waals surface area contributed by atoms with Gasteiger partial charge in [0.25, 0.3) is 0 Å². The fraction of sp³-hybridized carbons (Fsp3) is 0.0588. The third-order valence-corrected chi connectivity index (χ3v) is 4.07. The van der Waals surface area contributed by atoms with E-state index in [1.807, 2.05) is 0 Å². The maximum absolute atomic E-state index is 11.2. The SMILES string of the molecule is N[N+](=O)c1cc(C[CH]c2nc(-c3ccc(Cl)cc3Cl)co2)ccc1O. The predicted octanol–water partition coefficient (Wildman–Crippen LogP) is 4.43. The van der Waals surface area contributed by atoms with Gasteiger partial charge < -0.3 is 9.52 Å². The van der Waals surface area contributed by atoms with Crippen molar-refractivity contribution < 1.29 is 14.4 Å². The Hall–Kier alpha value is -2.57. The highest BCUT2D eigenvalue weighted by Crippen LogP contribution is 2.30. The van der Waals surface area contributed by atoms with Crippen LogP contribution >= 0.6 is 23.2 Å². The second-order valence-corrected chi connectivity index (χ2v) is 6.10. The van der Waals surface area contributed by atoms with E-state index in [1.54, 1.807) is 30.7 Å². The quantitative estimate of drug-likeness (QED) is 0.389. The minimum absolute atomic E-state index is 0.00746. The second-order valence-electron chi connectivity index (χ2n) is 5.25. The number of phenolic OH excluding ortho intramolecular Hbond substituents is 1. The summed E-state index contributed by atoms with van der Waals surface area (Å²) in [4.78, 5) is 15.7. The van der Waals surface area contributed by atoms with Gasteiger partial charge in [0.1, 0.15) is 12.0 Å². The lowest BCUT2D eigenvalue weighted by Gasteiger charge is -2.00. The highest BCUT2D eigenvalue weighted by Gasteiger charge is 2.17. The highest BCUT2D eigenvalue weighted by atomic mass is 35.5. The van der Waals surface area contributed by atoms with Crippen LogP contribution in [0.4, 0.5) is 5.69 Å². The van der Waals surface area contributed by atoms with Crippen LogP contribution < -0.4 is 5.84 Å². The van der Waals surface area contributed by atoms with Crippen molar-refractivity contribution in [2.24, 2.45) is 5.84 Å². The molecule has 0 amide bonds. The summed E-state index contributed by atoms with van der Waals surface area (Å²) in [5, 5.41) is 10.6. The molecule has 0 unspecified atom stereocenters. The maximum Gasteiger partial charge on any atom is 0.333 e. The summed E-state index contributed by atoms with van der Waals surface area (Å²) in [6.07, 6.45) is 3.69. The van der Waals surface area contributed by atoms with Crippen LogP contribution in [0.3, 0.4) is 0 Å². The van der Waals surface area contributed by atoms with Crippen molar-refractivity contribution in [1.82, 2.24) is 4.98 Å². The van der Waals surface area contributed by atoms with Gasteiger partial charge in [-0.05, 0) is 36.2 Å². The van der Waals surface area contributed by atoms with Crippen molar-refractivity contribution in [3.63, 3.8) is 0 Å². The number of benzene rings is 2. The first kappa shape index (κ1) is 17.3. The molecule has 127 valence electrons. The summed E-state index contributed by atoms with van der Waals surface area (Å²) in [6, 6.07) is 9.71. The molecular formula is C17H13Cl2N3O3+. The first-order chi connectivity index (χ1) is 11.9. The van der Waals surface area contributed by atoms with Gasteiger partial charge in [0, 0.05) is 16.7 Å². The fourth-order valence-electron chi connectivity index (χ4n) is 2.28. The fourth-order valence-corrected chi connectivity index (χ4v) is 2.79. The Labute approximate surface area is 153 Å². The molecule has 3 rings (SSSR count). The summed E-state index contributed by atoms with van der Waals surface area (Å²) in [5.74, 6) is 5.36. The molecule has 0 atom stereocenters. The van der Waals surface area contributed by atoms with Crippen LogP contribution in [0, 0.1) is 11.3 Å². The highest BCUT2D eigenvalue weighted by molar-refractivity contribution is 6.36. The van der Waals surface area contributed by atoms with E-state index in [1.165, 1.54) is 18.4 Å². The lowest BCUT2D eigenvalue weighted by Crippen LogP contribution is -2.09. The van der Waals surface area contributed by atoms with Crippen LogP contribution in [0.1, 0.15) is 11.5 Å². The zero-order valence-corrected chi connectivity index (χ0v) is 14.3. The number of nitrogens with two attached hydrogens (primary N) is 1. The minimum atomic E-state index is -0.183. The molecule has 0 aliphatic carbocycles. The summed E-state index contributed by atoms with van der Waals surface area (Å²) in [7, 11) is 0. The Morgan fingerprint density at radius 3 is 2.76 bits per heavy atom. The molecule has 0 saturated heterocycles. The Kier molecular flexibility index (Phi) is 4.92. The molecule has 0 aliphatic rings. The Morgan fingerprint density at radius 1 is 1.24 bits per heavy atom. The van der Waals surface area contributed by atoms with Crippen molar-refractivity contribution in [2.75, 3.05) is 0 Å². The van der Waals surface area contributed by atoms with Crippen molar-refractivity contribution >= 4 is 28.9 Å². The van der Waals surface area contributed by atoms with E-state index in [9.17, 15) is 10.0 Å². The van der Waals surface area contributed by atoms with Crippen LogP contribution in [0.25, 0.3) is 11.3 Å². The molecular weight excluding hydrogens is 365 g/mol. The molecule has 3 N–H and O–H groups in total. The number of aromatic hydroxyl groups is 1. The van der Waals surface area contributed by atoms with Gasteiger partial charge in [-0.2, -0.15) is 5.84 Å². The number of rotatable bonds is 5. The topological polar surface area (TPSA) is 92.4 Å². The standard InChI is InChI=1S/C17H12Cl2N3O3/c18-11-3-4-12(13(19)8-11)14-9-25-17(21-14)6-2-10-1-5-16(23)15(7-10)22(20)24/h1,3-9H,2H2,(H2-,20,23,24)/p+1. The molecule has 8 heteroatoms. The molecule has 1 radical (unpaired) electrons. The van der Waals surface area contributed by atoms with Crippen LogP contribution in [0.15, 0.2) is 47.1 Å². The first-order valence-electron chi connectivity index (χ1n) is 7.22. The van der Waals surface area contributed by atoms with Gasteiger partial charge in [-0.3, -0.25) is 0 Å². The molecule has 3 aromatic rings. The number of nitrogens with zero attached hydrogens (tertiary/aromatic N) is 2. The molecule has 6 nitrogen and oxygen atoms in total. The zero-order chi connectivity index (χ0) is 18.0. The van der Waals surface area contributed by atoms with Crippen molar-refractivity contribution in [2.45, 2.75) is 6.42 Å². The molecule has 2 aromatic carbocycles. The number of hydrogen-bond donors (Lipinski definition) is 2. The van der Waals surface area contributed by atoms with Crippen LogP contribution in [0.2, 0.25) is 10.0 Å². The Balaban J connectivity index is 1.74. The molecule has 1 aromatic heterocycles. The number of phenols is 1. The van der Waals surface area contributed by atoms with Gasteiger partial charge in [0.2, 0.25) is 0 Å². The Morgan fingerprint density at radius 2 is 2.04 bits per heavy atom. The van der Waals surface area contributed by atoms with E-state index in [0.29, 0.717) is 33.6 Å². The van der Waals surface area contributed by atoms with E-state index in [-0.39, 0.29) is 16.3 Å². The predicted molar refractivity (Wildman–Crippen MR) is 94.6 cm³/mol. The molecule has 25 heavy (non-hydrogen) atoms. The monoisotopic (exact) mass is 377 g/mol. The molecule has 0 saturated carbocycles. The second kappa shape index (κ2) is 7.13. The summed E-state index contributed by atoms with van der Waals surface area (Å²) >= 11 is 12.0. The lowest BCUT2D eigenvalue weighted by atomic mass is 10.1. The van der Waals surface area contributed by atoms with Gasteiger partial charge in [0.15, 0.2) is 16.5 Å². The van der Waals surface area contributed by atoms with E-state index in [4.69, 9.17) is 33.5 Å². The van der Waals surface area contributed by atoms with Crippen molar-refractivity contribution in [3.05, 3.63) is 75.5 Å². The molecule has 0 bridgehead atoms. The van der Waals surface area contributed by atoms with Crippen LogP contribution in [-0.2, 0) is 6.42 Å². The first-order valence-corrected chi connectivity index (χ1v) is 7.97. The smallest absolute Gasteiger partial charge is 0.333 e. The third kappa shape index (κ3) is 3.92. The summed E-state index contributed by atoms with van der Waals surface area (Å²) in [6.45, 7) is 0. The molecule has 0 fully saturated rings. The van der Waals surface area contributed by atoms with Gasteiger partial charge >= 0.3 is 5.69 Å². The number of oxazole rings is 1. The van der Waals surface area contributed by atoms with E-state index < -0.39 is 0 Å². The number of halogens is 2. The van der Waals surface area contributed by atoms with E-state index in [2.05, 4.69) is 4.98 Å². The van der Waals surface area contributed by atoms with Crippen LogP contribution in [0.5, 0.6) is 5.75 Å². The van der Waals surface area contributed by atoms with Gasteiger partial charge in [-0.15, -0.1) is 0 Å². The molecule has 1 heterocycles. The van der Waals surface area contributed by atoms with E-state index in [0.717, 1.165) is 5.56 Å². The summed E-state index contributed by atoms with van der Waals surface area (Å²) < 4.78 is 5.42. The Bertz CT molecular complexity index is 941. The maximum atomic E-state index is 11.2. The van der Waals surface area contributed by atoms with E-state index >= 15 is 0 Å². The number of hydrazine groups is 1. The number of nitroso groups, excluding NO2 is 1. The lowest BCUT2D eigenvalue weighted by molar-refractivity contribution is -0.475. The van der Waals surface area contributed by atoms with Gasteiger partial charge in [0.05, 0.1) is 16.4 Å². The minimum Gasteiger partial charge on any atom is -0.502 e. The van der Waals surface area contributed by atoms with Crippen LogP contribution in [-0.4, -0.2) is 15.0 Å². The molecule has 0 aliphatic heterocycles. The third-order valence-electron chi connectivity index (χ3n) is 3.52. The van der Waals surface area contributed by atoms with Gasteiger partial charge in [-0.1, -0.05) is 29.3 Å². The normalized spacial score (nSPS) is 10.8. The van der Waals surface area contributed by atoms with Crippen molar-refractivity contribution in [1.29, 1.82) is 0 Å². The zero-order valence-electron chi connectivity index (χ0n) is 12.8. The number of hydrogen-bond acceptors (Lipinski definition) is 4. The van der Waals surface area contributed by atoms with Crippen molar-refractivity contribution in [3.8, 4) is 17.0 Å². The van der Waals surface area contributed by atoms with Gasteiger partial charge in [-0.25, -0.2) is 4.98 Å². The average Bonchev–Trinajstić information content (AvgIpc) is 3.02.